The molecule has 2 amide bonds. The molecule has 4 aromatic carbocycles. The molecule has 236 valence electrons. The van der Waals surface area contributed by atoms with E-state index in [0.717, 1.165) is 27.2 Å². The van der Waals surface area contributed by atoms with E-state index in [1.807, 2.05) is 37.3 Å². The van der Waals surface area contributed by atoms with Gasteiger partial charge in [-0.2, -0.15) is 0 Å². The fourth-order valence-electron chi connectivity index (χ4n) is 4.75. The third-order valence-corrected chi connectivity index (χ3v) is 10.2. The summed E-state index contributed by atoms with van der Waals surface area (Å²) in [6.45, 7) is 1.92. The van der Waals surface area contributed by atoms with Crippen LogP contribution in [-0.2, 0) is 32.6 Å². The van der Waals surface area contributed by atoms with Crippen LogP contribution in [0.1, 0.15) is 30.9 Å². The van der Waals surface area contributed by atoms with Crippen LogP contribution in [0, 0.1) is 0 Å². The Morgan fingerprint density at radius 1 is 0.844 bits per heavy atom. The number of carbonyl (C=O) groups is 2. The first-order chi connectivity index (χ1) is 21.6. The fraction of sp³-hybridized carbons (Fsp3) is 0.235. The van der Waals surface area contributed by atoms with E-state index in [1.54, 1.807) is 60.7 Å². The molecule has 0 bridgehead atoms. The summed E-state index contributed by atoms with van der Waals surface area (Å²) >= 11 is 15.9. The number of carbonyl (C=O) groups excluding carboxylic acids is 2. The molecule has 0 aliphatic carbocycles. The lowest BCUT2D eigenvalue weighted by Crippen LogP contribution is -2.53. The van der Waals surface area contributed by atoms with Gasteiger partial charge in [0.2, 0.25) is 11.8 Å². The number of nitrogens with zero attached hydrogens (tertiary/aromatic N) is 2. The number of hydrogen-bond acceptors (Lipinski definition) is 4. The molecule has 0 radical (unpaired) electrons. The second kappa shape index (κ2) is 16.3. The van der Waals surface area contributed by atoms with Crippen molar-refractivity contribution in [2.45, 2.75) is 43.7 Å². The molecule has 0 heterocycles. The molecule has 0 saturated heterocycles. The van der Waals surface area contributed by atoms with Gasteiger partial charge in [-0.3, -0.25) is 13.9 Å². The molecule has 0 aliphatic rings. The molecule has 1 N–H and O–H groups in total. The van der Waals surface area contributed by atoms with Gasteiger partial charge >= 0.3 is 0 Å². The van der Waals surface area contributed by atoms with E-state index in [1.165, 1.54) is 17.0 Å². The molecule has 7 nitrogen and oxygen atoms in total. The minimum absolute atomic E-state index is 0.00597. The normalized spacial score (nSPS) is 11.9. The Morgan fingerprint density at radius 3 is 2.11 bits per heavy atom. The average molecular weight is 732 g/mol. The molecule has 45 heavy (non-hydrogen) atoms. The van der Waals surface area contributed by atoms with Crippen molar-refractivity contribution in [3.8, 4) is 0 Å². The Labute approximate surface area is 283 Å². The summed E-state index contributed by atoms with van der Waals surface area (Å²) in [5.41, 5.74) is 1.79. The van der Waals surface area contributed by atoms with Gasteiger partial charge in [0.15, 0.2) is 0 Å². The molecule has 0 saturated carbocycles. The minimum Gasteiger partial charge on any atom is -0.354 e. The van der Waals surface area contributed by atoms with Crippen LogP contribution >= 0.6 is 39.1 Å². The fourth-order valence-corrected chi connectivity index (χ4v) is 6.77. The van der Waals surface area contributed by atoms with Crippen molar-refractivity contribution >= 4 is 66.7 Å². The molecule has 11 heteroatoms. The third kappa shape index (κ3) is 9.33. The number of halogens is 3. The molecule has 0 aromatic heterocycles. The summed E-state index contributed by atoms with van der Waals surface area (Å²) < 4.78 is 29.9. The maximum Gasteiger partial charge on any atom is 0.264 e. The first kappa shape index (κ1) is 34.5. The van der Waals surface area contributed by atoms with Crippen LogP contribution in [0.2, 0.25) is 10.0 Å². The van der Waals surface area contributed by atoms with Crippen LogP contribution in [0.4, 0.5) is 5.69 Å². The summed E-state index contributed by atoms with van der Waals surface area (Å²) in [4.78, 5) is 29.7. The maximum absolute atomic E-state index is 14.5. The smallest absolute Gasteiger partial charge is 0.264 e. The highest BCUT2D eigenvalue weighted by Crippen LogP contribution is 2.28. The molecule has 4 aromatic rings. The zero-order valence-corrected chi connectivity index (χ0v) is 28.6. The lowest BCUT2D eigenvalue weighted by Gasteiger charge is -2.34. The Morgan fingerprint density at radius 2 is 1.49 bits per heavy atom. The van der Waals surface area contributed by atoms with Crippen LogP contribution in [0.15, 0.2) is 112 Å². The van der Waals surface area contributed by atoms with Crippen molar-refractivity contribution in [2.75, 3.05) is 17.4 Å². The number of amides is 2. The summed E-state index contributed by atoms with van der Waals surface area (Å²) in [5.74, 6) is -0.892. The van der Waals surface area contributed by atoms with E-state index in [4.69, 9.17) is 23.2 Å². The van der Waals surface area contributed by atoms with Gasteiger partial charge in [-0.05, 0) is 66.1 Å². The van der Waals surface area contributed by atoms with Crippen molar-refractivity contribution in [2.24, 2.45) is 0 Å². The number of hydrogen-bond donors (Lipinski definition) is 1. The van der Waals surface area contributed by atoms with Crippen LogP contribution < -0.4 is 9.62 Å². The number of sulfonamides is 1. The van der Waals surface area contributed by atoms with E-state index in [2.05, 4.69) is 21.2 Å². The topological polar surface area (TPSA) is 86.8 Å². The summed E-state index contributed by atoms with van der Waals surface area (Å²) in [7, 11) is -4.17. The van der Waals surface area contributed by atoms with Gasteiger partial charge in [0, 0.05) is 24.0 Å². The quantitative estimate of drug-likeness (QED) is 0.136. The monoisotopic (exact) mass is 729 g/mol. The number of nitrogens with one attached hydrogen (secondary N) is 1. The summed E-state index contributed by atoms with van der Waals surface area (Å²) in [5, 5.41) is 3.63. The standard InChI is InChI=1S/C34H34BrCl2N3O4S/c1-2-3-20-38-34(42)32(22-25-10-6-4-7-11-25)39(23-26-14-19-30(36)31(37)21-26)33(41)24-40(28-17-15-27(35)16-18-28)45(43,44)29-12-8-5-9-13-29/h4-19,21,32H,2-3,20,22-24H2,1H3,(H,38,42). The largest absolute Gasteiger partial charge is 0.354 e. The Kier molecular flexibility index (Phi) is 12.5. The third-order valence-electron chi connectivity index (χ3n) is 7.16. The molecule has 0 fully saturated rings. The molecule has 0 spiro atoms. The lowest BCUT2D eigenvalue weighted by atomic mass is 10.0. The Hall–Kier alpha value is -3.37. The van der Waals surface area contributed by atoms with Crippen molar-refractivity contribution in [1.29, 1.82) is 0 Å². The van der Waals surface area contributed by atoms with Crippen molar-refractivity contribution < 1.29 is 18.0 Å². The predicted molar refractivity (Wildman–Crippen MR) is 184 cm³/mol. The number of unbranched alkanes of at least 4 members (excludes halogenated alkanes) is 1. The Bertz CT molecular complexity index is 1690. The highest BCUT2D eigenvalue weighted by Gasteiger charge is 2.34. The lowest BCUT2D eigenvalue weighted by molar-refractivity contribution is -0.140. The SMILES string of the molecule is CCCCNC(=O)C(Cc1ccccc1)N(Cc1ccc(Cl)c(Cl)c1)C(=O)CN(c1ccc(Br)cc1)S(=O)(=O)c1ccccc1. The minimum atomic E-state index is -4.17. The van der Waals surface area contributed by atoms with Crippen LogP contribution in [0.3, 0.4) is 0 Å². The zero-order chi connectivity index (χ0) is 32.4. The average Bonchev–Trinajstić information content (AvgIpc) is 3.04. The van der Waals surface area contributed by atoms with Crippen LogP contribution in [0.25, 0.3) is 0 Å². The molecular weight excluding hydrogens is 697 g/mol. The van der Waals surface area contributed by atoms with Crippen molar-refractivity contribution in [3.63, 3.8) is 0 Å². The first-order valence-corrected chi connectivity index (χ1v) is 17.5. The highest BCUT2D eigenvalue weighted by molar-refractivity contribution is 9.10. The summed E-state index contributed by atoms with van der Waals surface area (Å²) in [6.07, 6.45) is 1.88. The van der Waals surface area contributed by atoms with Crippen LogP contribution in [0.5, 0.6) is 0 Å². The van der Waals surface area contributed by atoms with E-state index in [9.17, 15) is 18.0 Å². The second-order valence-electron chi connectivity index (χ2n) is 10.4. The van der Waals surface area contributed by atoms with E-state index in [-0.39, 0.29) is 23.8 Å². The number of benzene rings is 4. The van der Waals surface area contributed by atoms with Gasteiger partial charge in [-0.25, -0.2) is 8.42 Å². The van der Waals surface area contributed by atoms with Crippen molar-refractivity contribution in [1.82, 2.24) is 10.2 Å². The van der Waals surface area contributed by atoms with Gasteiger partial charge in [0.05, 0.1) is 20.6 Å². The second-order valence-corrected chi connectivity index (χ2v) is 14.0. The zero-order valence-electron chi connectivity index (χ0n) is 24.7. The van der Waals surface area contributed by atoms with Crippen molar-refractivity contribution in [3.05, 3.63) is 129 Å². The predicted octanol–water partition coefficient (Wildman–Crippen LogP) is 7.51. The molecule has 0 aliphatic heterocycles. The molecule has 1 atom stereocenters. The van der Waals surface area contributed by atoms with E-state index in [0.29, 0.717) is 27.8 Å². The van der Waals surface area contributed by atoms with Gasteiger partial charge < -0.3 is 10.2 Å². The molecule has 1 unspecified atom stereocenters. The van der Waals surface area contributed by atoms with E-state index >= 15 is 0 Å². The van der Waals surface area contributed by atoms with Gasteiger partial charge in [-0.1, -0.05) is 107 Å². The number of rotatable bonds is 14. The van der Waals surface area contributed by atoms with Gasteiger partial charge in [-0.15, -0.1) is 0 Å². The van der Waals surface area contributed by atoms with Gasteiger partial charge in [0.1, 0.15) is 12.6 Å². The maximum atomic E-state index is 14.5. The van der Waals surface area contributed by atoms with E-state index < -0.39 is 28.5 Å². The highest BCUT2D eigenvalue weighted by atomic mass is 79.9. The summed E-state index contributed by atoms with van der Waals surface area (Å²) in [6, 6.07) is 28.1. The first-order valence-electron chi connectivity index (χ1n) is 14.5. The van der Waals surface area contributed by atoms with Crippen LogP contribution in [-0.4, -0.2) is 44.3 Å². The molecule has 4 rings (SSSR count). The molecular formula is C34H34BrCl2N3O4S. The Balaban J connectivity index is 1.79. The van der Waals surface area contributed by atoms with Gasteiger partial charge in [0.25, 0.3) is 10.0 Å². The number of anilines is 1.